The summed E-state index contributed by atoms with van der Waals surface area (Å²) in [5.41, 5.74) is 2.01. The van der Waals surface area contributed by atoms with E-state index in [-0.39, 0.29) is 0 Å². The van der Waals surface area contributed by atoms with Crippen molar-refractivity contribution in [2.24, 2.45) is 0 Å². The van der Waals surface area contributed by atoms with Crippen LogP contribution < -0.4 is 5.32 Å². The molecule has 1 aromatic heterocycles. The van der Waals surface area contributed by atoms with Gasteiger partial charge in [-0.2, -0.15) is 0 Å². The van der Waals surface area contributed by atoms with Gasteiger partial charge in [0.15, 0.2) is 11.4 Å². The molecule has 3 heteroatoms. The van der Waals surface area contributed by atoms with Crippen LogP contribution >= 0.6 is 0 Å². The number of hydrogen-bond donors (Lipinski definition) is 1. The average Bonchev–Trinajstić information content (AvgIpc) is 2.49. The maximum absolute atomic E-state index is 5.11. The number of nitrogens with one attached hydrogen (secondary N) is 1. The minimum Gasteiger partial charge on any atom is -0.370 e. The second-order valence-electron chi connectivity index (χ2n) is 2.73. The van der Waals surface area contributed by atoms with E-state index in [2.05, 4.69) is 10.5 Å². The molecule has 0 spiro atoms. The van der Waals surface area contributed by atoms with Gasteiger partial charge in [-0.25, -0.2) is 0 Å². The normalized spacial score (nSPS) is 10.5. The molecule has 0 saturated heterocycles. The van der Waals surface area contributed by atoms with Crippen LogP contribution in [0.15, 0.2) is 22.7 Å². The van der Waals surface area contributed by atoms with E-state index < -0.39 is 0 Å². The smallest absolute Gasteiger partial charge is 0.177 e. The second kappa shape index (κ2) is 2.52. The van der Waals surface area contributed by atoms with Gasteiger partial charge in [0.25, 0.3) is 0 Å². The summed E-state index contributed by atoms with van der Waals surface area (Å²) in [6.45, 7) is 2.04. The van der Waals surface area contributed by atoms with Crippen molar-refractivity contribution in [2.45, 2.75) is 6.92 Å². The van der Waals surface area contributed by atoms with Crippen molar-refractivity contribution in [3.63, 3.8) is 0 Å². The van der Waals surface area contributed by atoms with Gasteiger partial charge in [-0.1, -0.05) is 17.3 Å². The van der Waals surface area contributed by atoms with E-state index in [0.717, 1.165) is 16.8 Å². The molecule has 3 nitrogen and oxygen atoms in total. The van der Waals surface area contributed by atoms with Crippen molar-refractivity contribution in [1.29, 1.82) is 0 Å². The Hall–Kier alpha value is -1.51. The SMILES string of the molecule is CNc1noc2cccc(C)c12. The summed E-state index contributed by atoms with van der Waals surface area (Å²) in [4.78, 5) is 0. The topological polar surface area (TPSA) is 38.1 Å². The van der Waals surface area contributed by atoms with Gasteiger partial charge in [-0.3, -0.25) is 0 Å². The molecule has 0 aliphatic carbocycles. The summed E-state index contributed by atoms with van der Waals surface area (Å²) in [6, 6.07) is 5.92. The van der Waals surface area contributed by atoms with Crippen molar-refractivity contribution < 1.29 is 4.52 Å². The summed E-state index contributed by atoms with van der Waals surface area (Å²) < 4.78 is 5.11. The van der Waals surface area contributed by atoms with E-state index in [1.807, 2.05) is 32.2 Å². The van der Waals surface area contributed by atoms with Gasteiger partial charge in [-0.15, -0.1) is 0 Å². The van der Waals surface area contributed by atoms with Crippen LogP contribution in [0.3, 0.4) is 0 Å². The highest BCUT2D eigenvalue weighted by molar-refractivity contribution is 5.90. The van der Waals surface area contributed by atoms with Crippen molar-refractivity contribution in [1.82, 2.24) is 5.16 Å². The molecular weight excluding hydrogens is 152 g/mol. The summed E-state index contributed by atoms with van der Waals surface area (Å²) >= 11 is 0. The highest BCUT2D eigenvalue weighted by Gasteiger charge is 2.07. The maximum Gasteiger partial charge on any atom is 0.177 e. The zero-order valence-electron chi connectivity index (χ0n) is 7.09. The van der Waals surface area contributed by atoms with Gasteiger partial charge in [0, 0.05) is 7.05 Å². The van der Waals surface area contributed by atoms with Crippen LogP contribution in [-0.2, 0) is 0 Å². The van der Waals surface area contributed by atoms with Crippen molar-refractivity contribution in [3.8, 4) is 0 Å². The van der Waals surface area contributed by atoms with E-state index in [4.69, 9.17) is 4.52 Å². The predicted octanol–water partition coefficient (Wildman–Crippen LogP) is 2.18. The van der Waals surface area contributed by atoms with Crippen molar-refractivity contribution in [2.75, 3.05) is 12.4 Å². The molecule has 0 aliphatic heterocycles. The first kappa shape index (κ1) is 7.16. The molecule has 0 aliphatic rings. The number of benzene rings is 1. The minimum atomic E-state index is 0.808. The Morgan fingerprint density at radius 1 is 1.42 bits per heavy atom. The van der Waals surface area contributed by atoms with Gasteiger partial charge < -0.3 is 9.84 Å². The summed E-state index contributed by atoms with van der Waals surface area (Å²) in [5.74, 6) is 0.808. The maximum atomic E-state index is 5.11. The lowest BCUT2D eigenvalue weighted by atomic mass is 10.1. The number of hydrogen-bond acceptors (Lipinski definition) is 3. The molecule has 2 aromatic rings. The van der Waals surface area contributed by atoms with E-state index >= 15 is 0 Å². The molecular formula is C9H10N2O. The van der Waals surface area contributed by atoms with Gasteiger partial charge in [0.05, 0.1) is 5.39 Å². The molecule has 1 aromatic carbocycles. The third-order valence-corrected chi connectivity index (χ3v) is 1.94. The number of aromatic nitrogens is 1. The molecule has 0 atom stereocenters. The molecule has 0 amide bonds. The Kier molecular flexibility index (Phi) is 1.50. The monoisotopic (exact) mass is 162 g/mol. The van der Waals surface area contributed by atoms with Crippen LogP contribution in [0.1, 0.15) is 5.56 Å². The third kappa shape index (κ3) is 0.863. The largest absolute Gasteiger partial charge is 0.370 e. The molecule has 12 heavy (non-hydrogen) atoms. The highest BCUT2D eigenvalue weighted by atomic mass is 16.5. The Morgan fingerprint density at radius 3 is 3.00 bits per heavy atom. The molecule has 1 heterocycles. The lowest BCUT2D eigenvalue weighted by molar-refractivity contribution is 0.460. The number of rotatable bonds is 1. The van der Waals surface area contributed by atoms with Gasteiger partial charge in [-0.05, 0) is 18.6 Å². The lowest BCUT2D eigenvalue weighted by Gasteiger charge is -1.95. The molecule has 0 unspecified atom stereocenters. The fourth-order valence-corrected chi connectivity index (χ4v) is 1.33. The van der Waals surface area contributed by atoms with Crippen LogP contribution in [0.4, 0.5) is 5.82 Å². The van der Waals surface area contributed by atoms with Crippen LogP contribution in [-0.4, -0.2) is 12.2 Å². The molecule has 0 bridgehead atoms. The van der Waals surface area contributed by atoms with Crippen molar-refractivity contribution >= 4 is 16.8 Å². The first-order valence-corrected chi connectivity index (χ1v) is 3.85. The summed E-state index contributed by atoms with van der Waals surface area (Å²) in [7, 11) is 1.84. The average molecular weight is 162 g/mol. The number of nitrogens with zero attached hydrogens (tertiary/aromatic N) is 1. The van der Waals surface area contributed by atoms with E-state index in [1.165, 1.54) is 5.56 Å². The fourth-order valence-electron chi connectivity index (χ4n) is 1.33. The van der Waals surface area contributed by atoms with Crippen LogP contribution in [0, 0.1) is 6.92 Å². The van der Waals surface area contributed by atoms with Crippen LogP contribution in [0.25, 0.3) is 11.0 Å². The van der Waals surface area contributed by atoms with Gasteiger partial charge >= 0.3 is 0 Å². The first-order valence-electron chi connectivity index (χ1n) is 3.85. The quantitative estimate of drug-likeness (QED) is 0.698. The molecule has 0 fully saturated rings. The fraction of sp³-hybridized carbons (Fsp3) is 0.222. The standard InChI is InChI=1S/C9H10N2O/c1-6-4-3-5-7-8(6)9(10-2)11-12-7/h3-5H,1-2H3,(H,10,11). The highest BCUT2D eigenvalue weighted by Crippen LogP contribution is 2.25. The minimum absolute atomic E-state index is 0.808. The van der Waals surface area contributed by atoms with E-state index in [1.54, 1.807) is 0 Å². The Bertz CT molecular complexity index is 406. The number of aryl methyl sites for hydroxylation is 1. The molecule has 0 radical (unpaired) electrons. The zero-order chi connectivity index (χ0) is 8.55. The Labute approximate surface area is 70.4 Å². The molecule has 62 valence electrons. The van der Waals surface area contributed by atoms with E-state index in [0.29, 0.717) is 0 Å². The van der Waals surface area contributed by atoms with Crippen LogP contribution in [0.5, 0.6) is 0 Å². The predicted molar refractivity (Wildman–Crippen MR) is 48.3 cm³/mol. The molecule has 2 rings (SSSR count). The molecule has 0 saturated carbocycles. The Balaban J connectivity index is 2.83. The van der Waals surface area contributed by atoms with E-state index in [9.17, 15) is 0 Å². The van der Waals surface area contributed by atoms with Gasteiger partial charge in [0.2, 0.25) is 0 Å². The third-order valence-electron chi connectivity index (χ3n) is 1.94. The summed E-state index contributed by atoms with van der Waals surface area (Å²) in [6.07, 6.45) is 0. The Morgan fingerprint density at radius 2 is 2.25 bits per heavy atom. The second-order valence-corrected chi connectivity index (χ2v) is 2.73. The summed E-state index contributed by atoms with van der Waals surface area (Å²) in [5, 5.41) is 7.94. The zero-order valence-corrected chi connectivity index (χ0v) is 7.09. The van der Waals surface area contributed by atoms with Gasteiger partial charge in [0.1, 0.15) is 0 Å². The number of fused-ring (bicyclic) bond motifs is 1. The molecule has 1 N–H and O–H groups in total. The lowest BCUT2D eigenvalue weighted by Crippen LogP contribution is -1.88. The first-order chi connectivity index (χ1) is 5.83. The number of anilines is 1. The van der Waals surface area contributed by atoms with Crippen molar-refractivity contribution in [3.05, 3.63) is 23.8 Å². The van der Waals surface area contributed by atoms with Crippen LogP contribution in [0.2, 0.25) is 0 Å².